The van der Waals surface area contributed by atoms with Crippen molar-refractivity contribution in [2.24, 2.45) is 0 Å². The second-order valence-corrected chi connectivity index (χ2v) is 3.93. The molecule has 0 aliphatic rings. The summed E-state index contributed by atoms with van der Waals surface area (Å²) in [5.74, 6) is -1.50. The van der Waals surface area contributed by atoms with Crippen LogP contribution in [0.1, 0.15) is 24.0 Å². The highest BCUT2D eigenvalue weighted by molar-refractivity contribution is 5.78. The Balaban J connectivity index is 2.89. The number of benzene rings is 1. The zero-order valence-electron chi connectivity index (χ0n) is 9.44. The predicted octanol–water partition coefficient (Wildman–Crippen LogP) is 3.16. The summed E-state index contributed by atoms with van der Waals surface area (Å²) in [4.78, 5) is 10.9. The maximum Gasteiger partial charge on any atom is 0.314 e. The first-order valence-electron chi connectivity index (χ1n) is 5.13. The van der Waals surface area contributed by atoms with Crippen LogP contribution in [-0.2, 0) is 11.2 Å². The third-order valence-electron chi connectivity index (χ3n) is 2.35. The fraction of sp³-hybridized carbons (Fsp3) is 0.214. The summed E-state index contributed by atoms with van der Waals surface area (Å²) in [5, 5.41) is 8.96. The molecule has 2 heteroatoms. The van der Waals surface area contributed by atoms with Crippen molar-refractivity contribution in [2.45, 2.75) is 19.3 Å². The van der Waals surface area contributed by atoms with E-state index in [2.05, 4.69) is 13.2 Å². The molecule has 1 aromatic carbocycles. The Kier molecular flexibility index (Phi) is 4.06. The summed E-state index contributed by atoms with van der Waals surface area (Å²) in [6, 6.07) is 7.53. The summed E-state index contributed by atoms with van der Waals surface area (Å²) in [6.45, 7) is 9.35. The van der Waals surface area contributed by atoms with Gasteiger partial charge in [0.1, 0.15) is 0 Å². The van der Waals surface area contributed by atoms with Crippen molar-refractivity contribution in [2.75, 3.05) is 0 Å². The van der Waals surface area contributed by atoms with E-state index in [0.717, 1.165) is 23.1 Å². The van der Waals surface area contributed by atoms with Crippen molar-refractivity contribution in [1.29, 1.82) is 0 Å². The third kappa shape index (κ3) is 3.09. The summed E-state index contributed by atoms with van der Waals surface area (Å²) in [7, 11) is 0. The van der Waals surface area contributed by atoms with Crippen molar-refractivity contribution in [3.05, 3.63) is 60.2 Å². The average molecular weight is 216 g/mol. The van der Waals surface area contributed by atoms with Crippen LogP contribution in [0.2, 0.25) is 0 Å². The Hall–Kier alpha value is -1.83. The van der Waals surface area contributed by atoms with E-state index in [0.29, 0.717) is 0 Å². The third-order valence-corrected chi connectivity index (χ3v) is 2.35. The molecule has 0 saturated carbocycles. The normalized spacial score (nSPS) is 11.8. The number of carboxylic acids is 1. The zero-order chi connectivity index (χ0) is 12.1. The van der Waals surface area contributed by atoms with Crippen LogP contribution in [0, 0.1) is 0 Å². The summed E-state index contributed by atoms with van der Waals surface area (Å²) < 4.78 is 0. The maximum absolute atomic E-state index is 10.9. The van der Waals surface area contributed by atoms with Gasteiger partial charge in [0.05, 0.1) is 5.92 Å². The van der Waals surface area contributed by atoms with Crippen LogP contribution < -0.4 is 0 Å². The SMILES string of the molecule is C=CC(C(=O)O)c1ccc(CC(=C)C)cc1. The number of carboxylic acid groups (broad SMARTS) is 1. The lowest BCUT2D eigenvalue weighted by molar-refractivity contribution is -0.137. The van der Waals surface area contributed by atoms with Crippen LogP contribution in [0.4, 0.5) is 0 Å². The minimum atomic E-state index is -0.873. The number of rotatable bonds is 5. The maximum atomic E-state index is 10.9. The van der Waals surface area contributed by atoms with Gasteiger partial charge in [0.25, 0.3) is 0 Å². The first kappa shape index (κ1) is 12.2. The minimum absolute atomic E-state index is 0.626. The molecule has 0 heterocycles. The molecular formula is C14H16O2. The molecule has 0 bridgehead atoms. The number of aliphatic carboxylic acids is 1. The lowest BCUT2D eigenvalue weighted by atomic mass is 9.97. The molecule has 1 aromatic rings. The van der Waals surface area contributed by atoms with Crippen molar-refractivity contribution < 1.29 is 9.90 Å². The molecule has 0 saturated heterocycles. The van der Waals surface area contributed by atoms with Crippen molar-refractivity contribution in [3.63, 3.8) is 0 Å². The fourth-order valence-electron chi connectivity index (χ4n) is 1.57. The molecule has 2 nitrogen and oxygen atoms in total. The van der Waals surface area contributed by atoms with Crippen LogP contribution >= 0.6 is 0 Å². The Labute approximate surface area is 95.9 Å². The van der Waals surface area contributed by atoms with E-state index in [4.69, 9.17) is 5.11 Å². The van der Waals surface area contributed by atoms with Gasteiger partial charge in [-0.15, -0.1) is 6.58 Å². The van der Waals surface area contributed by atoms with E-state index in [1.807, 2.05) is 31.2 Å². The molecule has 0 amide bonds. The van der Waals surface area contributed by atoms with Crippen LogP contribution in [0.3, 0.4) is 0 Å². The summed E-state index contributed by atoms with van der Waals surface area (Å²) >= 11 is 0. The second kappa shape index (κ2) is 5.31. The van der Waals surface area contributed by atoms with Gasteiger partial charge in [-0.1, -0.05) is 42.5 Å². The average Bonchev–Trinajstić information content (AvgIpc) is 2.20. The molecule has 0 fully saturated rings. The van der Waals surface area contributed by atoms with Crippen LogP contribution in [0.15, 0.2) is 49.1 Å². The lowest BCUT2D eigenvalue weighted by Crippen LogP contribution is -2.08. The highest BCUT2D eigenvalue weighted by Crippen LogP contribution is 2.18. The van der Waals surface area contributed by atoms with Gasteiger partial charge in [-0.05, 0) is 24.5 Å². The van der Waals surface area contributed by atoms with E-state index >= 15 is 0 Å². The second-order valence-electron chi connectivity index (χ2n) is 3.93. The van der Waals surface area contributed by atoms with Crippen LogP contribution in [0.25, 0.3) is 0 Å². The summed E-state index contributed by atoms with van der Waals surface area (Å²) in [5.41, 5.74) is 2.99. The van der Waals surface area contributed by atoms with Crippen LogP contribution in [0.5, 0.6) is 0 Å². The molecule has 16 heavy (non-hydrogen) atoms. The number of carbonyl (C=O) groups is 1. The Morgan fingerprint density at radius 1 is 1.44 bits per heavy atom. The Bertz CT molecular complexity index is 401. The fourth-order valence-corrected chi connectivity index (χ4v) is 1.57. The van der Waals surface area contributed by atoms with E-state index < -0.39 is 11.9 Å². The Morgan fingerprint density at radius 3 is 2.38 bits per heavy atom. The van der Waals surface area contributed by atoms with Gasteiger partial charge < -0.3 is 5.11 Å². The van der Waals surface area contributed by atoms with Crippen molar-refractivity contribution in [1.82, 2.24) is 0 Å². The first-order valence-corrected chi connectivity index (χ1v) is 5.13. The highest BCUT2D eigenvalue weighted by Gasteiger charge is 2.15. The largest absolute Gasteiger partial charge is 0.481 e. The summed E-state index contributed by atoms with van der Waals surface area (Å²) in [6.07, 6.45) is 2.27. The standard InChI is InChI=1S/C14H16O2/c1-4-13(14(15)16)12-7-5-11(6-8-12)9-10(2)3/h4-8,13H,1-2,9H2,3H3,(H,15,16). The van der Waals surface area contributed by atoms with Gasteiger partial charge in [-0.3, -0.25) is 4.79 Å². The predicted molar refractivity (Wildman–Crippen MR) is 65.5 cm³/mol. The molecule has 0 spiro atoms. The van der Waals surface area contributed by atoms with Crippen molar-refractivity contribution in [3.8, 4) is 0 Å². The zero-order valence-corrected chi connectivity index (χ0v) is 9.44. The molecule has 1 rings (SSSR count). The Morgan fingerprint density at radius 2 is 2.00 bits per heavy atom. The lowest BCUT2D eigenvalue weighted by Gasteiger charge is -2.08. The number of allylic oxidation sites excluding steroid dienone is 1. The first-order chi connectivity index (χ1) is 7.54. The van der Waals surface area contributed by atoms with Gasteiger partial charge in [0.2, 0.25) is 0 Å². The number of hydrogen-bond donors (Lipinski definition) is 1. The van der Waals surface area contributed by atoms with Gasteiger partial charge in [0, 0.05) is 0 Å². The molecule has 0 radical (unpaired) electrons. The molecule has 1 unspecified atom stereocenters. The minimum Gasteiger partial charge on any atom is -0.481 e. The van der Waals surface area contributed by atoms with E-state index in [9.17, 15) is 4.79 Å². The molecule has 1 atom stereocenters. The quantitative estimate of drug-likeness (QED) is 0.768. The van der Waals surface area contributed by atoms with Crippen LogP contribution in [-0.4, -0.2) is 11.1 Å². The van der Waals surface area contributed by atoms with Gasteiger partial charge in [0.15, 0.2) is 0 Å². The van der Waals surface area contributed by atoms with Gasteiger partial charge in [-0.25, -0.2) is 0 Å². The van der Waals surface area contributed by atoms with Gasteiger partial charge >= 0.3 is 5.97 Å². The van der Waals surface area contributed by atoms with Crippen molar-refractivity contribution >= 4 is 5.97 Å². The molecular weight excluding hydrogens is 200 g/mol. The number of hydrogen-bond acceptors (Lipinski definition) is 1. The molecule has 84 valence electrons. The monoisotopic (exact) mass is 216 g/mol. The molecule has 0 aromatic heterocycles. The highest BCUT2D eigenvalue weighted by atomic mass is 16.4. The van der Waals surface area contributed by atoms with E-state index in [-0.39, 0.29) is 0 Å². The van der Waals surface area contributed by atoms with E-state index in [1.54, 1.807) is 0 Å². The molecule has 1 N–H and O–H groups in total. The van der Waals surface area contributed by atoms with E-state index in [1.165, 1.54) is 6.08 Å². The topological polar surface area (TPSA) is 37.3 Å². The smallest absolute Gasteiger partial charge is 0.314 e. The van der Waals surface area contributed by atoms with Gasteiger partial charge in [-0.2, -0.15) is 0 Å². The molecule has 0 aliphatic heterocycles. The molecule has 0 aliphatic carbocycles.